The molecule has 0 fully saturated rings. The summed E-state index contributed by atoms with van der Waals surface area (Å²) in [6.07, 6.45) is 0.390. The van der Waals surface area contributed by atoms with Gasteiger partial charge in [0.25, 0.3) is 5.91 Å². The van der Waals surface area contributed by atoms with Crippen LogP contribution in [0.5, 0.6) is 0 Å². The van der Waals surface area contributed by atoms with Crippen molar-refractivity contribution in [3.63, 3.8) is 0 Å². The number of sulfonamides is 1. The first kappa shape index (κ1) is 20.9. The maximum Gasteiger partial charge on any atom is 0.322 e. The molecule has 1 atom stereocenters. The van der Waals surface area contributed by atoms with Gasteiger partial charge in [-0.25, -0.2) is 8.42 Å². The molecule has 0 bridgehead atoms. The first-order valence-corrected chi connectivity index (χ1v) is 9.73. The molecular formula is C17H19ClN2O6S. The summed E-state index contributed by atoms with van der Waals surface area (Å²) >= 11 is 5.74. The molecule has 0 aliphatic carbocycles. The van der Waals surface area contributed by atoms with E-state index in [1.165, 1.54) is 44.5 Å². The predicted octanol–water partition coefficient (Wildman–Crippen LogP) is 1.80. The summed E-state index contributed by atoms with van der Waals surface area (Å²) in [5, 5.41) is 2.94. The van der Waals surface area contributed by atoms with Gasteiger partial charge in [0.05, 0.1) is 17.7 Å². The second-order valence-electron chi connectivity index (χ2n) is 5.64. The molecule has 1 aromatic carbocycles. The Morgan fingerprint density at radius 3 is 2.52 bits per heavy atom. The molecule has 2 rings (SSSR count). The van der Waals surface area contributed by atoms with Crippen LogP contribution in [0.25, 0.3) is 0 Å². The third-order valence-electron chi connectivity index (χ3n) is 3.57. The fraction of sp³-hybridized carbons (Fsp3) is 0.294. The van der Waals surface area contributed by atoms with Crippen LogP contribution in [0.3, 0.4) is 0 Å². The van der Waals surface area contributed by atoms with E-state index >= 15 is 0 Å². The number of nitrogens with zero attached hydrogens (tertiary/aromatic N) is 1. The van der Waals surface area contributed by atoms with E-state index in [9.17, 15) is 18.0 Å². The zero-order valence-corrected chi connectivity index (χ0v) is 16.3. The summed E-state index contributed by atoms with van der Waals surface area (Å²) in [4.78, 5) is 23.9. The minimum atomic E-state index is -3.89. The third kappa shape index (κ3) is 5.81. The fourth-order valence-electron chi connectivity index (χ4n) is 2.07. The molecule has 0 radical (unpaired) electrons. The number of benzene rings is 1. The van der Waals surface area contributed by atoms with Crippen molar-refractivity contribution in [3.8, 4) is 0 Å². The lowest BCUT2D eigenvalue weighted by Crippen LogP contribution is -2.39. The van der Waals surface area contributed by atoms with Crippen molar-refractivity contribution in [3.05, 3.63) is 53.4 Å². The highest BCUT2D eigenvalue weighted by atomic mass is 35.5. The van der Waals surface area contributed by atoms with Crippen LogP contribution in [0.2, 0.25) is 5.02 Å². The van der Waals surface area contributed by atoms with Crippen molar-refractivity contribution in [1.82, 2.24) is 9.62 Å². The lowest BCUT2D eigenvalue weighted by Gasteiger charge is -2.18. The molecule has 0 aliphatic rings. The lowest BCUT2D eigenvalue weighted by molar-refractivity contribution is -0.154. The Bertz CT molecular complexity index is 881. The number of amides is 1. The Morgan fingerprint density at radius 2 is 1.93 bits per heavy atom. The van der Waals surface area contributed by atoms with E-state index in [4.69, 9.17) is 20.8 Å². The standard InChI is InChI=1S/C17H19ClN2O6S/c1-12(17(22)19-10-14-4-3-9-25-14)26-16(21)11-20(2)27(23,24)15-7-5-13(18)6-8-15/h3-9,12H,10-11H2,1-2H3,(H,19,22)/t12-/m1/s1. The zero-order valence-electron chi connectivity index (χ0n) is 14.7. The van der Waals surface area contributed by atoms with Crippen molar-refractivity contribution in [2.75, 3.05) is 13.6 Å². The lowest BCUT2D eigenvalue weighted by atomic mass is 10.3. The molecule has 0 saturated heterocycles. The van der Waals surface area contributed by atoms with E-state index in [1.807, 2.05) is 0 Å². The average Bonchev–Trinajstić information content (AvgIpc) is 3.13. The Labute approximate surface area is 162 Å². The number of halogens is 1. The van der Waals surface area contributed by atoms with Gasteiger partial charge in [0, 0.05) is 12.1 Å². The topological polar surface area (TPSA) is 106 Å². The smallest absolute Gasteiger partial charge is 0.322 e. The van der Waals surface area contributed by atoms with E-state index in [0.29, 0.717) is 10.8 Å². The van der Waals surface area contributed by atoms with E-state index in [-0.39, 0.29) is 11.4 Å². The maximum atomic E-state index is 12.4. The van der Waals surface area contributed by atoms with Crippen molar-refractivity contribution < 1.29 is 27.2 Å². The molecule has 2 aromatic rings. The van der Waals surface area contributed by atoms with Crippen LogP contribution < -0.4 is 5.32 Å². The van der Waals surface area contributed by atoms with Crippen LogP contribution >= 0.6 is 11.6 Å². The van der Waals surface area contributed by atoms with Crippen LogP contribution in [-0.2, 0) is 30.9 Å². The number of hydrogen-bond donors (Lipinski definition) is 1. The molecule has 0 unspecified atom stereocenters. The van der Waals surface area contributed by atoms with Gasteiger partial charge in [-0.2, -0.15) is 4.31 Å². The minimum Gasteiger partial charge on any atom is -0.467 e. The van der Waals surface area contributed by atoms with E-state index < -0.39 is 34.5 Å². The van der Waals surface area contributed by atoms with Gasteiger partial charge in [0.1, 0.15) is 12.3 Å². The summed E-state index contributed by atoms with van der Waals surface area (Å²) < 4.78 is 35.7. The number of ether oxygens (including phenoxy) is 1. The number of furan rings is 1. The van der Waals surface area contributed by atoms with E-state index in [1.54, 1.807) is 12.1 Å². The number of carbonyl (C=O) groups excluding carboxylic acids is 2. The molecule has 0 aliphatic heterocycles. The van der Waals surface area contributed by atoms with Gasteiger partial charge in [-0.1, -0.05) is 11.6 Å². The SMILES string of the molecule is C[C@@H](OC(=O)CN(C)S(=O)(=O)c1ccc(Cl)cc1)C(=O)NCc1ccco1. The maximum absolute atomic E-state index is 12.4. The molecule has 1 aromatic heterocycles. The normalized spacial score (nSPS) is 12.6. The Kier molecular flexibility index (Phi) is 7.00. The number of likely N-dealkylation sites (N-methyl/N-ethyl adjacent to an activating group) is 1. The Balaban J connectivity index is 1.87. The van der Waals surface area contributed by atoms with Gasteiger partial charge in [0.15, 0.2) is 6.10 Å². The third-order valence-corrected chi connectivity index (χ3v) is 5.64. The zero-order chi connectivity index (χ0) is 20.0. The summed E-state index contributed by atoms with van der Waals surface area (Å²) in [6, 6.07) is 8.92. The summed E-state index contributed by atoms with van der Waals surface area (Å²) in [7, 11) is -2.64. The molecule has 1 amide bonds. The first-order valence-electron chi connectivity index (χ1n) is 7.91. The largest absolute Gasteiger partial charge is 0.467 e. The quantitative estimate of drug-likeness (QED) is 0.660. The highest BCUT2D eigenvalue weighted by molar-refractivity contribution is 7.89. The van der Waals surface area contributed by atoms with E-state index in [2.05, 4.69) is 5.32 Å². The Hall–Kier alpha value is -2.36. The van der Waals surface area contributed by atoms with Crippen LogP contribution in [0.1, 0.15) is 12.7 Å². The fourth-order valence-corrected chi connectivity index (χ4v) is 3.31. The van der Waals surface area contributed by atoms with E-state index in [0.717, 1.165) is 4.31 Å². The molecule has 27 heavy (non-hydrogen) atoms. The highest BCUT2D eigenvalue weighted by Crippen LogP contribution is 2.17. The predicted molar refractivity (Wildman–Crippen MR) is 97.4 cm³/mol. The van der Waals surface area contributed by atoms with Gasteiger partial charge >= 0.3 is 5.97 Å². The minimum absolute atomic E-state index is 0.00793. The molecular weight excluding hydrogens is 396 g/mol. The number of esters is 1. The van der Waals surface area contributed by atoms with Crippen molar-refractivity contribution in [1.29, 1.82) is 0 Å². The summed E-state index contributed by atoms with van der Waals surface area (Å²) in [5.74, 6) is -0.825. The van der Waals surface area contributed by atoms with Gasteiger partial charge in [0.2, 0.25) is 10.0 Å². The van der Waals surface area contributed by atoms with Gasteiger partial charge in [-0.05, 0) is 43.3 Å². The molecule has 10 heteroatoms. The first-order chi connectivity index (χ1) is 12.7. The van der Waals surface area contributed by atoms with Gasteiger partial charge in [-0.3, -0.25) is 9.59 Å². The van der Waals surface area contributed by atoms with Crippen LogP contribution in [0, 0.1) is 0 Å². The molecule has 0 spiro atoms. The molecule has 8 nitrogen and oxygen atoms in total. The van der Waals surface area contributed by atoms with Crippen molar-refractivity contribution >= 4 is 33.5 Å². The van der Waals surface area contributed by atoms with Crippen molar-refractivity contribution in [2.45, 2.75) is 24.5 Å². The number of carbonyl (C=O) groups is 2. The number of rotatable bonds is 8. The number of hydrogen-bond acceptors (Lipinski definition) is 6. The van der Waals surface area contributed by atoms with Crippen molar-refractivity contribution in [2.24, 2.45) is 0 Å². The molecule has 146 valence electrons. The second kappa shape index (κ2) is 9.03. The Morgan fingerprint density at radius 1 is 1.26 bits per heavy atom. The van der Waals surface area contributed by atoms with Crippen LogP contribution in [-0.4, -0.2) is 44.3 Å². The molecule has 1 heterocycles. The summed E-state index contributed by atoms with van der Waals surface area (Å²) in [6.45, 7) is 1.00. The molecule has 0 saturated carbocycles. The van der Waals surface area contributed by atoms with Crippen LogP contribution in [0.15, 0.2) is 52.0 Å². The second-order valence-corrected chi connectivity index (χ2v) is 8.13. The molecule has 1 N–H and O–H groups in total. The monoisotopic (exact) mass is 414 g/mol. The van der Waals surface area contributed by atoms with Gasteiger partial charge in [-0.15, -0.1) is 0 Å². The highest BCUT2D eigenvalue weighted by Gasteiger charge is 2.25. The van der Waals surface area contributed by atoms with Gasteiger partial charge < -0.3 is 14.5 Å². The summed E-state index contributed by atoms with van der Waals surface area (Å²) in [5.41, 5.74) is 0. The number of nitrogens with one attached hydrogen (secondary N) is 1. The van der Waals surface area contributed by atoms with Crippen LogP contribution in [0.4, 0.5) is 0 Å². The average molecular weight is 415 g/mol.